The molecule has 22 heavy (non-hydrogen) atoms. The summed E-state index contributed by atoms with van der Waals surface area (Å²) in [7, 11) is 1.63. The normalized spacial score (nSPS) is 17.0. The summed E-state index contributed by atoms with van der Waals surface area (Å²) in [5, 5.41) is 0. The summed E-state index contributed by atoms with van der Waals surface area (Å²) in [5.41, 5.74) is -0.257. The molecule has 0 N–H and O–H groups in total. The third-order valence-corrected chi connectivity index (χ3v) is 4.77. The van der Waals surface area contributed by atoms with E-state index in [1.165, 1.54) is 19.3 Å². The molecule has 0 saturated heterocycles. The Morgan fingerprint density at radius 2 is 1.68 bits per heavy atom. The summed E-state index contributed by atoms with van der Waals surface area (Å²) in [4.78, 5) is 12.8. The molecule has 0 atom stereocenters. The average Bonchev–Trinajstić information content (AvgIpc) is 2.56. The highest BCUT2D eigenvalue weighted by atomic mass is 16.5. The molecular weight excluding hydrogens is 276 g/mol. The van der Waals surface area contributed by atoms with Crippen LogP contribution in [0.15, 0.2) is 24.3 Å². The van der Waals surface area contributed by atoms with E-state index in [1.807, 2.05) is 12.1 Å². The molecule has 3 nitrogen and oxygen atoms in total. The zero-order valence-electron chi connectivity index (χ0n) is 13.9. The molecule has 1 aliphatic carbocycles. The number of rotatable bonds is 7. The number of esters is 1. The Morgan fingerprint density at radius 1 is 1.05 bits per heavy atom. The topological polar surface area (TPSA) is 35.5 Å². The van der Waals surface area contributed by atoms with Crippen molar-refractivity contribution < 1.29 is 14.3 Å². The Kier molecular flexibility index (Phi) is 6.29. The lowest BCUT2D eigenvalue weighted by Gasteiger charge is -2.35. The number of unbranched alkanes of at least 4 members (excludes halogenated alkanes) is 2. The molecule has 1 fully saturated rings. The molecule has 1 aromatic carbocycles. The van der Waals surface area contributed by atoms with E-state index in [1.54, 1.807) is 19.2 Å². The van der Waals surface area contributed by atoms with Gasteiger partial charge in [0.25, 0.3) is 0 Å². The number of carbonyl (C=O) groups excluding carboxylic acids is 1. The maximum atomic E-state index is 12.8. The van der Waals surface area contributed by atoms with Crippen LogP contribution >= 0.6 is 0 Å². The van der Waals surface area contributed by atoms with Crippen molar-refractivity contribution in [2.75, 3.05) is 7.11 Å². The minimum Gasteiger partial charge on any atom is -0.497 e. The molecule has 122 valence electrons. The van der Waals surface area contributed by atoms with Gasteiger partial charge in [-0.2, -0.15) is 0 Å². The van der Waals surface area contributed by atoms with Crippen LogP contribution in [0.3, 0.4) is 0 Å². The third kappa shape index (κ3) is 4.25. The number of ether oxygens (including phenoxy) is 2. The van der Waals surface area contributed by atoms with Crippen LogP contribution in [0, 0.1) is 5.41 Å². The lowest BCUT2D eigenvalue weighted by Crippen LogP contribution is -2.37. The van der Waals surface area contributed by atoms with Gasteiger partial charge in [-0.25, -0.2) is 0 Å². The molecule has 0 aromatic heterocycles. The van der Waals surface area contributed by atoms with Crippen molar-refractivity contribution in [1.82, 2.24) is 0 Å². The summed E-state index contributed by atoms with van der Waals surface area (Å²) in [5.74, 6) is 1.36. The molecule has 0 spiro atoms. The maximum Gasteiger partial charge on any atom is 0.317 e. The lowest BCUT2D eigenvalue weighted by atomic mass is 9.71. The second-order valence-corrected chi connectivity index (χ2v) is 6.36. The standard InChI is InChI=1S/C19H28O3/c1-3-4-6-13-19(14-7-5-8-15-19)18(20)22-17-11-9-16(21-2)10-12-17/h9-12H,3-8,13-15H2,1-2H3. The third-order valence-electron chi connectivity index (χ3n) is 4.77. The molecule has 0 heterocycles. The van der Waals surface area contributed by atoms with E-state index in [-0.39, 0.29) is 11.4 Å². The Bertz CT molecular complexity index is 458. The molecule has 0 radical (unpaired) electrons. The second-order valence-electron chi connectivity index (χ2n) is 6.36. The van der Waals surface area contributed by atoms with Gasteiger partial charge in [0.15, 0.2) is 0 Å². The van der Waals surface area contributed by atoms with Gasteiger partial charge in [0.05, 0.1) is 12.5 Å². The second kappa shape index (κ2) is 8.21. The summed E-state index contributed by atoms with van der Waals surface area (Å²) >= 11 is 0. The monoisotopic (exact) mass is 304 g/mol. The van der Waals surface area contributed by atoms with E-state index in [0.717, 1.165) is 44.3 Å². The Morgan fingerprint density at radius 3 is 2.27 bits per heavy atom. The summed E-state index contributed by atoms with van der Waals surface area (Å²) in [6.45, 7) is 2.20. The van der Waals surface area contributed by atoms with Gasteiger partial charge in [-0.3, -0.25) is 4.79 Å². The van der Waals surface area contributed by atoms with Gasteiger partial charge in [-0.05, 0) is 43.5 Å². The largest absolute Gasteiger partial charge is 0.497 e. The molecule has 1 aromatic rings. The van der Waals surface area contributed by atoms with Gasteiger partial charge < -0.3 is 9.47 Å². The number of methoxy groups -OCH3 is 1. The fraction of sp³-hybridized carbons (Fsp3) is 0.632. The van der Waals surface area contributed by atoms with E-state index in [2.05, 4.69) is 6.92 Å². The maximum absolute atomic E-state index is 12.8. The molecular formula is C19H28O3. The van der Waals surface area contributed by atoms with Gasteiger partial charge >= 0.3 is 5.97 Å². The minimum absolute atomic E-state index is 0.0338. The molecule has 0 unspecified atom stereocenters. The van der Waals surface area contributed by atoms with Crippen molar-refractivity contribution in [3.63, 3.8) is 0 Å². The first-order valence-corrected chi connectivity index (χ1v) is 8.56. The predicted molar refractivity (Wildman–Crippen MR) is 88.3 cm³/mol. The number of hydrogen-bond donors (Lipinski definition) is 0. The fourth-order valence-electron chi connectivity index (χ4n) is 3.36. The summed E-state index contributed by atoms with van der Waals surface area (Å²) in [6.07, 6.45) is 9.95. The van der Waals surface area contributed by atoms with Crippen LogP contribution in [0.1, 0.15) is 64.7 Å². The van der Waals surface area contributed by atoms with E-state index in [0.29, 0.717) is 5.75 Å². The highest BCUT2D eigenvalue weighted by molar-refractivity contribution is 5.79. The summed E-state index contributed by atoms with van der Waals surface area (Å²) < 4.78 is 10.8. The van der Waals surface area contributed by atoms with Gasteiger partial charge in [0.1, 0.15) is 11.5 Å². The zero-order valence-corrected chi connectivity index (χ0v) is 13.9. The van der Waals surface area contributed by atoms with E-state index < -0.39 is 0 Å². The predicted octanol–water partition coefficient (Wildman–Crippen LogP) is 5.13. The van der Waals surface area contributed by atoms with Crippen molar-refractivity contribution in [3.8, 4) is 11.5 Å². The zero-order chi connectivity index (χ0) is 15.8. The van der Waals surface area contributed by atoms with Crippen LogP contribution in [0.4, 0.5) is 0 Å². The first kappa shape index (κ1) is 16.9. The smallest absolute Gasteiger partial charge is 0.317 e. The number of carbonyl (C=O) groups is 1. The molecule has 1 aliphatic rings. The Balaban J connectivity index is 2.03. The first-order valence-electron chi connectivity index (χ1n) is 8.56. The van der Waals surface area contributed by atoms with Crippen LogP contribution in [0.2, 0.25) is 0 Å². The Hall–Kier alpha value is -1.51. The molecule has 0 bridgehead atoms. The molecule has 2 rings (SSSR count). The van der Waals surface area contributed by atoms with Gasteiger partial charge in [0, 0.05) is 0 Å². The van der Waals surface area contributed by atoms with Gasteiger partial charge in [0.2, 0.25) is 0 Å². The minimum atomic E-state index is -0.257. The van der Waals surface area contributed by atoms with E-state index in [4.69, 9.17) is 9.47 Å². The number of benzene rings is 1. The van der Waals surface area contributed by atoms with Crippen LogP contribution in [0.25, 0.3) is 0 Å². The average molecular weight is 304 g/mol. The summed E-state index contributed by atoms with van der Waals surface area (Å²) in [6, 6.07) is 7.26. The quantitative estimate of drug-likeness (QED) is 0.398. The van der Waals surface area contributed by atoms with Crippen LogP contribution in [-0.2, 0) is 4.79 Å². The highest BCUT2D eigenvalue weighted by Crippen LogP contribution is 2.42. The molecule has 0 aliphatic heterocycles. The lowest BCUT2D eigenvalue weighted by molar-refractivity contribution is -0.148. The van der Waals surface area contributed by atoms with Crippen LogP contribution in [0.5, 0.6) is 11.5 Å². The van der Waals surface area contributed by atoms with Crippen LogP contribution in [-0.4, -0.2) is 13.1 Å². The first-order chi connectivity index (χ1) is 10.7. The Labute approximate surface area is 134 Å². The highest BCUT2D eigenvalue weighted by Gasteiger charge is 2.40. The van der Waals surface area contributed by atoms with Crippen LogP contribution < -0.4 is 9.47 Å². The molecule has 3 heteroatoms. The van der Waals surface area contributed by atoms with Crippen molar-refractivity contribution >= 4 is 5.97 Å². The van der Waals surface area contributed by atoms with Crippen molar-refractivity contribution in [3.05, 3.63) is 24.3 Å². The molecule has 1 saturated carbocycles. The van der Waals surface area contributed by atoms with Crippen molar-refractivity contribution in [2.24, 2.45) is 5.41 Å². The number of hydrogen-bond acceptors (Lipinski definition) is 3. The van der Waals surface area contributed by atoms with E-state index >= 15 is 0 Å². The SMILES string of the molecule is CCCCCC1(C(=O)Oc2ccc(OC)cc2)CCCCC1. The van der Waals surface area contributed by atoms with Gasteiger partial charge in [-0.1, -0.05) is 45.4 Å². The molecule has 0 amide bonds. The van der Waals surface area contributed by atoms with Gasteiger partial charge in [-0.15, -0.1) is 0 Å². The fourth-order valence-corrected chi connectivity index (χ4v) is 3.36. The van der Waals surface area contributed by atoms with E-state index in [9.17, 15) is 4.79 Å². The van der Waals surface area contributed by atoms with Crippen molar-refractivity contribution in [1.29, 1.82) is 0 Å². The van der Waals surface area contributed by atoms with Crippen molar-refractivity contribution in [2.45, 2.75) is 64.7 Å².